The zero-order valence-corrected chi connectivity index (χ0v) is 17.2. The Hall–Kier alpha value is -1.13. The number of rotatable bonds is 0. The number of ether oxygens (including phenoxy) is 1. The van der Waals surface area contributed by atoms with Gasteiger partial charge in [-0.05, 0) is 20.9 Å². The number of halogens is 2. The molecule has 134 valence electrons. The summed E-state index contributed by atoms with van der Waals surface area (Å²) in [6.07, 6.45) is 0.852. The van der Waals surface area contributed by atoms with Gasteiger partial charge >= 0.3 is 5.69 Å². The molecule has 2 atom stereocenters. The van der Waals surface area contributed by atoms with Gasteiger partial charge < -0.3 is 9.64 Å². The zero-order valence-electron chi connectivity index (χ0n) is 14.3. The molecule has 0 saturated carbocycles. The largest absolute Gasteiger partial charge is 0.491 e. The van der Waals surface area contributed by atoms with Crippen molar-refractivity contribution in [2.45, 2.75) is 32.4 Å². The molecule has 0 spiro atoms. The Morgan fingerprint density at radius 1 is 1.32 bits per heavy atom. The Morgan fingerprint density at radius 3 is 2.84 bits per heavy atom. The van der Waals surface area contributed by atoms with Crippen molar-refractivity contribution in [3.8, 4) is 5.75 Å². The number of hydrogen-bond acceptors (Lipinski definition) is 6. The number of hydrogen-bond donors (Lipinski definition) is 0. The standard InChI is InChI=1S/C16H19ClIN5O2/c1-8-6-22-10(7-21(8)3)4-5-25-13-11-14(22)20-16(24)23(18)15(11)19-9(2)12(13)17/h8,10H,4-7H2,1-3H3. The third-order valence-corrected chi connectivity index (χ3v) is 6.46. The molecular formula is C16H19ClIN5O2. The number of anilines is 1. The van der Waals surface area contributed by atoms with Gasteiger partial charge in [0.2, 0.25) is 0 Å². The van der Waals surface area contributed by atoms with E-state index >= 15 is 0 Å². The lowest BCUT2D eigenvalue weighted by atomic mass is 10.0. The molecule has 1 saturated heterocycles. The summed E-state index contributed by atoms with van der Waals surface area (Å²) in [4.78, 5) is 26.0. The van der Waals surface area contributed by atoms with Gasteiger partial charge in [-0.3, -0.25) is 4.90 Å². The molecule has 0 aromatic carbocycles. The first-order chi connectivity index (χ1) is 11.9. The number of fused-ring (bicyclic) bond motifs is 2. The van der Waals surface area contributed by atoms with E-state index in [2.05, 4.69) is 33.7 Å². The van der Waals surface area contributed by atoms with Crippen molar-refractivity contribution in [3.05, 3.63) is 21.2 Å². The topological polar surface area (TPSA) is 63.5 Å². The third-order valence-electron chi connectivity index (χ3n) is 5.14. The number of pyridine rings is 1. The smallest absolute Gasteiger partial charge is 0.360 e. The maximum absolute atomic E-state index is 12.5. The second-order valence-corrected chi connectivity index (χ2v) is 8.11. The lowest BCUT2D eigenvalue weighted by molar-refractivity contribution is 0.179. The van der Waals surface area contributed by atoms with E-state index in [9.17, 15) is 4.79 Å². The summed E-state index contributed by atoms with van der Waals surface area (Å²) < 4.78 is 7.48. The van der Waals surface area contributed by atoms with E-state index in [-0.39, 0.29) is 11.7 Å². The highest BCUT2D eigenvalue weighted by Gasteiger charge is 2.35. The van der Waals surface area contributed by atoms with Crippen molar-refractivity contribution in [2.75, 3.05) is 31.6 Å². The maximum atomic E-state index is 12.5. The SMILES string of the molecule is Cc1nc2c3c(nc(=O)n2I)N2CC(C)N(C)CC2CCOc3c1Cl. The summed E-state index contributed by atoms with van der Waals surface area (Å²) >= 11 is 8.43. The second kappa shape index (κ2) is 6.24. The van der Waals surface area contributed by atoms with Crippen molar-refractivity contribution < 1.29 is 4.74 Å². The molecule has 25 heavy (non-hydrogen) atoms. The fraction of sp³-hybridized carbons (Fsp3) is 0.562. The van der Waals surface area contributed by atoms with Gasteiger partial charge in [-0.15, -0.1) is 0 Å². The first-order valence-electron chi connectivity index (χ1n) is 8.27. The van der Waals surface area contributed by atoms with Gasteiger partial charge in [0.1, 0.15) is 16.2 Å². The molecule has 1 fully saturated rings. The molecule has 4 rings (SSSR count). The Labute approximate surface area is 164 Å². The van der Waals surface area contributed by atoms with Crippen molar-refractivity contribution in [3.63, 3.8) is 0 Å². The van der Waals surface area contributed by atoms with Crippen LogP contribution in [0, 0.1) is 6.92 Å². The molecule has 0 bridgehead atoms. The minimum Gasteiger partial charge on any atom is -0.491 e. The molecule has 2 aromatic rings. The number of aryl methyl sites for hydroxylation is 1. The van der Waals surface area contributed by atoms with Crippen molar-refractivity contribution >= 4 is 51.3 Å². The van der Waals surface area contributed by atoms with Gasteiger partial charge in [-0.25, -0.2) is 12.6 Å². The molecule has 2 aliphatic heterocycles. The molecule has 0 radical (unpaired) electrons. The average Bonchev–Trinajstić information content (AvgIpc) is 2.56. The molecule has 7 nitrogen and oxygen atoms in total. The lowest BCUT2D eigenvalue weighted by Crippen LogP contribution is -2.57. The van der Waals surface area contributed by atoms with Gasteiger partial charge in [0.25, 0.3) is 0 Å². The minimum atomic E-state index is -0.325. The maximum Gasteiger partial charge on any atom is 0.360 e. The van der Waals surface area contributed by atoms with Crippen molar-refractivity contribution in [2.24, 2.45) is 0 Å². The fourth-order valence-electron chi connectivity index (χ4n) is 3.59. The molecular weight excluding hydrogens is 457 g/mol. The molecule has 0 aliphatic carbocycles. The van der Waals surface area contributed by atoms with Crippen LogP contribution in [0.3, 0.4) is 0 Å². The number of aromatic nitrogens is 3. The molecule has 9 heteroatoms. The van der Waals surface area contributed by atoms with Crippen LogP contribution in [-0.2, 0) is 0 Å². The van der Waals surface area contributed by atoms with Gasteiger partial charge in [0, 0.05) is 31.6 Å². The Morgan fingerprint density at radius 2 is 2.08 bits per heavy atom. The van der Waals surface area contributed by atoms with E-state index in [0.29, 0.717) is 40.6 Å². The van der Waals surface area contributed by atoms with E-state index in [1.807, 2.05) is 29.8 Å². The van der Waals surface area contributed by atoms with E-state index in [0.717, 1.165) is 24.9 Å². The van der Waals surface area contributed by atoms with Crippen molar-refractivity contribution in [1.29, 1.82) is 0 Å². The van der Waals surface area contributed by atoms with Gasteiger partial charge in [0.15, 0.2) is 11.4 Å². The number of nitrogens with zero attached hydrogens (tertiary/aromatic N) is 5. The summed E-state index contributed by atoms with van der Waals surface area (Å²) in [6, 6.07) is 0.613. The van der Waals surface area contributed by atoms with Crippen LogP contribution in [0.1, 0.15) is 19.0 Å². The quantitative estimate of drug-likeness (QED) is 0.545. The number of likely N-dealkylation sites (N-methyl/N-ethyl adjacent to an activating group) is 1. The van der Waals surface area contributed by atoms with E-state index in [1.165, 1.54) is 2.78 Å². The first-order valence-corrected chi connectivity index (χ1v) is 9.61. The summed E-state index contributed by atoms with van der Waals surface area (Å²) in [5.74, 6) is 1.23. The highest BCUT2D eigenvalue weighted by molar-refractivity contribution is 14.1. The van der Waals surface area contributed by atoms with Crippen LogP contribution >= 0.6 is 34.5 Å². The Balaban J connectivity index is 2.05. The molecule has 0 amide bonds. The highest BCUT2D eigenvalue weighted by Crippen LogP contribution is 2.41. The predicted octanol–water partition coefficient (Wildman–Crippen LogP) is 2.24. The summed E-state index contributed by atoms with van der Waals surface area (Å²) in [5.41, 5.74) is 0.879. The molecule has 4 heterocycles. The van der Waals surface area contributed by atoms with E-state index in [1.54, 1.807) is 0 Å². The van der Waals surface area contributed by atoms with E-state index in [4.69, 9.17) is 16.3 Å². The van der Waals surface area contributed by atoms with Crippen molar-refractivity contribution in [1.82, 2.24) is 17.6 Å². The first kappa shape index (κ1) is 17.3. The number of piperazine rings is 1. The van der Waals surface area contributed by atoms with Crippen LogP contribution in [0.4, 0.5) is 5.82 Å². The molecule has 0 N–H and O–H groups in total. The van der Waals surface area contributed by atoms with Crippen LogP contribution in [0.5, 0.6) is 5.75 Å². The predicted molar refractivity (Wildman–Crippen MR) is 106 cm³/mol. The zero-order chi connectivity index (χ0) is 17.9. The summed E-state index contributed by atoms with van der Waals surface area (Å²) in [5, 5.41) is 1.22. The third kappa shape index (κ3) is 2.69. The minimum absolute atomic E-state index is 0.245. The average molecular weight is 476 g/mol. The van der Waals surface area contributed by atoms with Crippen LogP contribution in [-0.4, -0.2) is 56.5 Å². The Kier molecular flexibility index (Phi) is 4.32. The fourth-order valence-corrected chi connectivity index (χ4v) is 4.24. The van der Waals surface area contributed by atoms with Gasteiger partial charge in [-0.2, -0.15) is 4.98 Å². The summed E-state index contributed by atoms with van der Waals surface area (Å²) in [7, 11) is 2.13. The molecule has 2 aliphatic rings. The molecule has 2 aromatic heterocycles. The van der Waals surface area contributed by atoms with Crippen LogP contribution in [0.2, 0.25) is 5.02 Å². The second-order valence-electron chi connectivity index (χ2n) is 6.77. The van der Waals surface area contributed by atoms with Gasteiger partial charge in [0.05, 0.1) is 35.2 Å². The Bertz CT molecular complexity index is 918. The summed E-state index contributed by atoms with van der Waals surface area (Å²) in [6.45, 7) is 6.29. The van der Waals surface area contributed by atoms with Crippen LogP contribution in [0.25, 0.3) is 11.0 Å². The lowest BCUT2D eigenvalue weighted by Gasteiger charge is -2.45. The van der Waals surface area contributed by atoms with E-state index < -0.39 is 0 Å². The normalized spacial score (nSPS) is 23.8. The monoisotopic (exact) mass is 475 g/mol. The van der Waals surface area contributed by atoms with Gasteiger partial charge in [-0.1, -0.05) is 11.6 Å². The van der Waals surface area contributed by atoms with Crippen LogP contribution < -0.4 is 15.3 Å². The molecule has 2 unspecified atom stereocenters. The highest BCUT2D eigenvalue weighted by atomic mass is 127. The van der Waals surface area contributed by atoms with Crippen LogP contribution in [0.15, 0.2) is 4.79 Å².